The minimum absolute atomic E-state index is 0.0494. The van der Waals surface area contributed by atoms with Gasteiger partial charge in [-0.05, 0) is 111 Å². The molecule has 70 heavy (non-hydrogen) atoms. The number of carboxylic acid groups (broad SMARTS) is 1. The maximum atomic E-state index is 12.7. The molecular formula is C44H52N2O19S5. The molecule has 21 nitrogen and oxygen atoms in total. The molecule has 4 aromatic carbocycles. The highest BCUT2D eigenvalue weighted by molar-refractivity contribution is 7.87. The van der Waals surface area contributed by atoms with Crippen molar-refractivity contribution in [2.75, 3.05) is 50.7 Å². The summed E-state index contributed by atoms with van der Waals surface area (Å²) in [5, 5.41) is 8.99. The van der Waals surface area contributed by atoms with Crippen LogP contribution in [0.15, 0.2) is 92.0 Å². The summed E-state index contributed by atoms with van der Waals surface area (Å²) in [6, 6.07) is 9.08. The molecule has 5 N–H and O–H groups in total. The van der Waals surface area contributed by atoms with Crippen LogP contribution >= 0.6 is 0 Å². The number of allylic oxidation sites excluding steroid dienone is 4. The third-order valence-electron chi connectivity index (χ3n) is 12.5. The molecule has 1 unspecified atom stereocenters. The number of rotatable bonds is 22. The van der Waals surface area contributed by atoms with E-state index in [2.05, 4.69) is 0 Å². The Kier molecular flexibility index (Phi) is 15.7. The first-order valence-electron chi connectivity index (χ1n) is 21.5. The number of hydrogen-bond donors (Lipinski definition) is 5. The number of unbranched alkanes of at least 4 members (excludes halogenated alkanes) is 2. The molecule has 0 saturated carbocycles. The van der Waals surface area contributed by atoms with E-state index < -0.39 is 92.7 Å². The number of hydrogen-bond acceptors (Lipinski definition) is 15. The van der Waals surface area contributed by atoms with Crippen LogP contribution in [0.25, 0.3) is 21.5 Å². The Morgan fingerprint density at radius 2 is 1.33 bits per heavy atom. The van der Waals surface area contributed by atoms with Gasteiger partial charge in [0.1, 0.15) is 21.6 Å². The molecule has 0 saturated heterocycles. The smallest absolute Gasteiger partial charge is 0.303 e. The van der Waals surface area contributed by atoms with E-state index in [1.807, 2.05) is 4.58 Å². The zero-order chi connectivity index (χ0) is 52.0. The van der Waals surface area contributed by atoms with Gasteiger partial charge in [-0.3, -0.25) is 23.0 Å². The fourth-order valence-corrected chi connectivity index (χ4v) is 12.7. The molecule has 0 spiro atoms. The molecule has 382 valence electrons. The van der Waals surface area contributed by atoms with Crippen LogP contribution in [0.4, 0.5) is 11.4 Å². The number of nitrogens with zero attached hydrogens (tertiary/aromatic N) is 2. The number of fused-ring (bicyclic) bond motifs is 6. The first-order chi connectivity index (χ1) is 32.3. The number of methoxy groups -OCH3 is 1. The van der Waals surface area contributed by atoms with E-state index in [4.69, 9.17) is 9.47 Å². The van der Waals surface area contributed by atoms with Crippen LogP contribution in [0.1, 0.15) is 70.4 Å². The van der Waals surface area contributed by atoms with Crippen molar-refractivity contribution >= 4 is 95.2 Å². The Balaban J connectivity index is 1.62. The van der Waals surface area contributed by atoms with Crippen molar-refractivity contribution in [3.8, 4) is 0 Å². The zero-order valence-corrected chi connectivity index (χ0v) is 42.3. The van der Waals surface area contributed by atoms with Gasteiger partial charge in [0.05, 0.1) is 45.7 Å². The minimum Gasteiger partial charge on any atom is -0.744 e. The van der Waals surface area contributed by atoms with Gasteiger partial charge in [-0.15, -0.1) is 0 Å². The van der Waals surface area contributed by atoms with Gasteiger partial charge in [-0.2, -0.15) is 38.2 Å². The van der Waals surface area contributed by atoms with Crippen molar-refractivity contribution in [2.24, 2.45) is 0 Å². The summed E-state index contributed by atoms with van der Waals surface area (Å²) in [5.41, 5.74) is -0.0743. The van der Waals surface area contributed by atoms with E-state index in [0.29, 0.717) is 59.7 Å². The topological polar surface area (TPSA) is 337 Å². The van der Waals surface area contributed by atoms with Crippen LogP contribution in [0.5, 0.6) is 0 Å². The van der Waals surface area contributed by atoms with Gasteiger partial charge >= 0.3 is 5.97 Å². The fraction of sp³-hybridized carbons (Fsp3) is 0.409. The highest BCUT2D eigenvalue weighted by atomic mass is 32.2. The van der Waals surface area contributed by atoms with Crippen LogP contribution < -0.4 is 4.90 Å². The van der Waals surface area contributed by atoms with E-state index in [9.17, 15) is 74.8 Å². The zero-order valence-electron chi connectivity index (χ0n) is 38.2. The van der Waals surface area contributed by atoms with Gasteiger partial charge in [0.2, 0.25) is 5.69 Å². The highest BCUT2D eigenvalue weighted by Crippen LogP contribution is 2.54. The molecule has 6 rings (SSSR count). The standard InChI is InChI=1S/C44H52N2O19S5/c1-43(2)38(45(18-7-5-6-12-40(47)48)34-15-13-30-32(41(34)43)24-28(67(52,53)54)26-36(30)69(58,59)60)10-8-11-39-44(3,17-9-23-66(49,50)51)42-33-25-29(68(55,56)57)27-37(70(61,62)63)31(33)14-16-35(42)46(39)19-20-65-22-21-64-4/h8,10-11,13-16,24-27H,5-7,9,12,17-23H2,1-4H3,(H5-,47,48,49,50,51,52,53,54,55,56,57,58,59,60,61,62,63). The molecule has 0 aromatic heterocycles. The summed E-state index contributed by atoms with van der Waals surface area (Å²) in [7, 11) is -23.7. The molecule has 26 heteroatoms. The molecule has 2 aliphatic rings. The Labute approximate surface area is 405 Å². The quantitative estimate of drug-likeness (QED) is 0.0383. The van der Waals surface area contributed by atoms with Crippen molar-refractivity contribution < 1.29 is 88.8 Å². The van der Waals surface area contributed by atoms with E-state index in [1.54, 1.807) is 50.0 Å². The molecule has 0 radical (unpaired) electrons. The van der Waals surface area contributed by atoms with Crippen LogP contribution in [-0.2, 0) is 75.7 Å². The average Bonchev–Trinajstić information content (AvgIpc) is 3.60. The number of aliphatic carboxylic acids is 1. The first-order valence-corrected chi connectivity index (χ1v) is 28.8. The lowest BCUT2D eigenvalue weighted by molar-refractivity contribution is -0.438. The monoisotopic (exact) mass is 1070 g/mol. The second-order valence-electron chi connectivity index (χ2n) is 17.6. The van der Waals surface area contributed by atoms with Gasteiger partial charge in [0.15, 0.2) is 5.71 Å². The predicted octanol–water partition coefficient (Wildman–Crippen LogP) is 5.21. The summed E-state index contributed by atoms with van der Waals surface area (Å²) in [4.78, 5) is 9.65. The number of benzene rings is 4. The van der Waals surface area contributed by atoms with Gasteiger partial charge in [-0.25, -0.2) is 8.42 Å². The molecule has 0 bridgehead atoms. The molecule has 0 fully saturated rings. The molecule has 2 aliphatic heterocycles. The number of carbonyl (C=O) groups is 1. The third kappa shape index (κ3) is 11.5. The van der Waals surface area contributed by atoms with E-state index in [1.165, 1.54) is 25.3 Å². The molecular weight excluding hydrogens is 1020 g/mol. The van der Waals surface area contributed by atoms with Crippen molar-refractivity contribution in [3.63, 3.8) is 0 Å². The SMILES string of the molecule is COCCOCCN1C(=CC=CC2=[N+](CCCCCC(=O)O)c3ccc4c(S(=O)(=O)O)cc(S(=O)(=O)O)cc4c3C2(C)C)C(C)(CCCS(=O)(=O)O)c2c1ccc1c(S(=O)(=O)[O-])cc(S(=O)(=O)O)cc21. The average molecular weight is 1070 g/mol. The lowest BCUT2D eigenvalue weighted by Crippen LogP contribution is -2.32. The van der Waals surface area contributed by atoms with E-state index >= 15 is 0 Å². The van der Waals surface area contributed by atoms with Crippen molar-refractivity contribution in [3.05, 3.63) is 83.6 Å². The number of carboxylic acids is 1. The van der Waals surface area contributed by atoms with Gasteiger partial charge in [0.25, 0.3) is 40.5 Å². The summed E-state index contributed by atoms with van der Waals surface area (Å²) in [5.74, 6) is -1.70. The highest BCUT2D eigenvalue weighted by Gasteiger charge is 2.47. The second-order valence-corrected chi connectivity index (χ2v) is 24.7. The van der Waals surface area contributed by atoms with Gasteiger partial charge in [0, 0.05) is 66.4 Å². The maximum absolute atomic E-state index is 12.7. The van der Waals surface area contributed by atoms with E-state index in [-0.39, 0.29) is 79.3 Å². The van der Waals surface area contributed by atoms with Crippen LogP contribution in [0.2, 0.25) is 0 Å². The molecule has 0 amide bonds. The predicted molar refractivity (Wildman–Crippen MR) is 254 cm³/mol. The summed E-state index contributed by atoms with van der Waals surface area (Å²) in [6.07, 6.45) is 5.87. The summed E-state index contributed by atoms with van der Waals surface area (Å²) >= 11 is 0. The Morgan fingerprint density at radius 3 is 1.90 bits per heavy atom. The van der Waals surface area contributed by atoms with E-state index in [0.717, 1.165) is 12.1 Å². The number of ether oxygens (including phenoxy) is 2. The van der Waals surface area contributed by atoms with Gasteiger partial charge < -0.3 is 24.0 Å². The minimum atomic E-state index is -5.39. The van der Waals surface area contributed by atoms with Crippen molar-refractivity contribution in [1.29, 1.82) is 0 Å². The third-order valence-corrected chi connectivity index (χ3v) is 16.8. The maximum Gasteiger partial charge on any atom is 0.303 e. The molecule has 2 heterocycles. The molecule has 4 aromatic rings. The fourth-order valence-electron chi connectivity index (χ4n) is 9.55. The lowest BCUT2D eigenvalue weighted by Gasteiger charge is -2.31. The largest absolute Gasteiger partial charge is 0.744 e. The Bertz CT molecular complexity index is 3460. The van der Waals surface area contributed by atoms with Crippen molar-refractivity contribution in [2.45, 2.75) is 89.7 Å². The molecule has 0 aliphatic carbocycles. The summed E-state index contributed by atoms with van der Waals surface area (Å²) < 4.78 is 191. The Hall–Kier alpha value is -4.71. The van der Waals surface area contributed by atoms with Crippen LogP contribution in [0, 0.1) is 0 Å². The Morgan fingerprint density at radius 1 is 0.729 bits per heavy atom. The first kappa shape index (κ1) is 54.6. The second kappa shape index (κ2) is 20.1. The summed E-state index contributed by atoms with van der Waals surface area (Å²) in [6.45, 7) is 6.01. The van der Waals surface area contributed by atoms with Crippen LogP contribution in [-0.4, -0.2) is 132 Å². The lowest BCUT2D eigenvalue weighted by atomic mass is 9.75. The van der Waals surface area contributed by atoms with Crippen LogP contribution in [0.3, 0.4) is 0 Å². The number of anilines is 1. The van der Waals surface area contributed by atoms with Crippen molar-refractivity contribution in [1.82, 2.24) is 0 Å². The normalized spacial score (nSPS) is 18.2. The van der Waals surface area contributed by atoms with Gasteiger partial charge in [-0.1, -0.05) is 12.1 Å². The molecule has 1 atom stereocenters.